The van der Waals surface area contributed by atoms with Gasteiger partial charge in [0.05, 0.1) is 24.4 Å². The van der Waals surface area contributed by atoms with E-state index in [0.717, 1.165) is 10.6 Å². The van der Waals surface area contributed by atoms with Crippen molar-refractivity contribution in [1.82, 2.24) is 9.88 Å². The van der Waals surface area contributed by atoms with Gasteiger partial charge in [-0.3, -0.25) is 4.79 Å². The van der Waals surface area contributed by atoms with Crippen molar-refractivity contribution in [2.24, 2.45) is 5.73 Å². The highest BCUT2D eigenvalue weighted by Gasteiger charge is 2.18. The standard InChI is InChI=1S/C10H17N3O2S/c1-7-9(16-6-12-7)4-13(2)10(14)8(11)5-15-3/h6,8H,4-5,11H2,1-3H3. The maximum atomic E-state index is 11.8. The van der Waals surface area contributed by atoms with E-state index in [0.29, 0.717) is 6.54 Å². The van der Waals surface area contributed by atoms with Crippen LogP contribution in [0.3, 0.4) is 0 Å². The van der Waals surface area contributed by atoms with Gasteiger partial charge < -0.3 is 15.4 Å². The Morgan fingerprint density at radius 3 is 2.94 bits per heavy atom. The number of nitrogens with two attached hydrogens (primary N) is 1. The lowest BCUT2D eigenvalue weighted by Gasteiger charge is -2.20. The third-order valence-corrected chi connectivity index (χ3v) is 3.19. The second kappa shape index (κ2) is 5.93. The van der Waals surface area contributed by atoms with Crippen LogP contribution in [0.15, 0.2) is 5.51 Å². The molecule has 1 amide bonds. The first kappa shape index (κ1) is 13.1. The molecule has 1 heterocycles. The number of amides is 1. The summed E-state index contributed by atoms with van der Waals surface area (Å²) in [6.45, 7) is 2.72. The molecule has 0 bridgehead atoms. The summed E-state index contributed by atoms with van der Waals surface area (Å²) in [5.41, 5.74) is 8.41. The Bertz CT molecular complexity index is 354. The molecule has 0 aliphatic rings. The van der Waals surface area contributed by atoms with Crippen LogP contribution in [-0.4, -0.2) is 42.6 Å². The summed E-state index contributed by atoms with van der Waals surface area (Å²) >= 11 is 1.54. The fourth-order valence-electron chi connectivity index (χ4n) is 1.31. The van der Waals surface area contributed by atoms with Crippen LogP contribution in [0.5, 0.6) is 0 Å². The number of methoxy groups -OCH3 is 1. The molecule has 1 aromatic heterocycles. The summed E-state index contributed by atoms with van der Waals surface area (Å²) in [5, 5.41) is 0. The summed E-state index contributed by atoms with van der Waals surface area (Å²) in [4.78, 5) is 18.6. The number of ether oxygens (including phenoxy) is 1. The van der Waals surface area contributed by atoms with E-state index in [4.69, 9.17) is 10.5 Å². The van der Waals surface area contributed by atoms with E-state index in [1.807, 2.05) is 6.92 Å². The summed E-state index contributed by atoms with van der Waals surface area (Å²) < 4.78 is 4.85. The van der Waals surface area contributed by atoms with Crippen LogP contribution >= 0.6 is 11.3 Å². The number of hydrogen-bond donors (Lipinski definition) is 1. The first-order chi connectivity index (χ1) is 7.56. The lowest BCUT2D eigenvalue weighted by molar-refractivity contribution is -0.132. The lowest BCUT2D eigenvalue weighted by Crippen LogP contribution is -2.44. The number of thiazole rings is 1. The fourth-order valence-corrected chi connectivity index (χ4v) is 2.13. The zero-order chi connectivity index (χ0) is 12.1. The van der Waals surface area contributed by atoms with Crippen molar-refractivity contribution in [3.05, 3.63) is 16.1 Å². The van der Waals surface area contributed by atoms with Gasteiger partial charge in [0.1, 0.15) is 6.04 Å². The largest absolute Gasteiger partial charge is 0.383 e. The monoisotopic (exact) mass is 243 g/mol. The van der Waals surface area contributed by atoms with Crippen LogP contribution < -0.4 is 5.73 Å². The normalized spacial score (nSPS) is 12.5. The molecule has 1 aromatic rings. The van der Waals surface area contributed by atoms with E-state index < -0.39 is 6.04 Å². The molecule has 0 aliphatic heterocycles. The maximum Gasteiger partial charge on any atom is 0.241 e. The second-order valence-corrected chi connectivity index (χ2v) is 4.56. The average molecular weight is 243 g/mol. The summed E-state index contributed by atoms with van der Waals surface area (Å²) in [5.74, 6) is -0.116. The highest BCUT2D eigenvalue weighted by Crippen LogP contribution is 2.14. The number of hydrogen-bond acceptors (Lipinski definition) is 5. The SMILES string of the molecule is COCC(N)C(=O)N(C)Cc1scnc1C. The van der Waals surface area contributed by atoms with E-state index >= 15 is 0 Å². The molecule has 1 rings (SSSR count). The van der Waals surface area contributed by atoms with Crippen molar-refractivity contribution in [2.75, 3.05) is 20.8 Å². The highest BCUT2D eigenvalue weighted by molar-refractivity contribution is 7.09. The van der Waals surface area contributed by atoms with Gasteiger partial charge in [0.2, 0.25) is 5.91 Å². The number of aromatic nitrogens is 1. The van der Waals surface area contributed by atoms with Gasteiger partial charge in [0.25, 0.3) is 0 Å². The molecule has 1 unspecified atom stereocenters. The second-order valence-electron chi connectivity index (χ2n) is 3.62. The molecule has 6 heteroatoms. The number of carbonyl (C=O) groups is 1. The van der Waals surface area contributed by atoms with Crippen LogP contribution in [-0.2, 0) is 16.1 Å². The smallest absolute Gasteiger partial charge is 0.241 e. The van der Waals surface area contributed by atoms with Gasteiger partial charge >= 0.3 is 0 Å². The van der Waals surface area contributed by atoms with Gasteiger partial charge in [0, 0.05) is 19.0 Å². The molecule has 0 radical (unpaired) electrons. The van der Waals surface area contributed by atoms with Crippen molar-refractivity contribution >= 4 is 17.2 Å². The van der Waals surface area contributed by atoms with Crippen molar-refractivity contribution in [3.8, 4) is 0 Å². The maximum absolute atomic E-state index is 11.8. The molecule has 90 valence electrons. The van der Waals surface area contributed by atoms with Crippen LogP contribution in [0.4, 0.5) is 0 Å². The Kier molecular flexibility index (Phi) is 4.85. The first-order valence-electron chi connectivity index (χ1n) is 4.94. The minimum atomic E-state index is -0.594. The molecular formula is C10H17N3O2S. The number of carbonyl (C=O) groups excluding carboxylic acids is 1. The van der Waals surface area contributed by atoms with E-state index in [1.165, 1.54) is 7.11 Å². The van der Waals surface area contributed by atoms with Crippen LogP contribution in [0.25, 0.3) is 0 Å². The van der Waals surface area contributed by atoms with Gasteiger partial charge in [-0.25, -0.2) is 4.98 Å². The molecule has 0 aliphatic carbocycles. The zero-order valence-electron chi connectivity index (χ0n) is 9.77. The molecule has 5 nitrogen and oxygen atoms in total. The number of aryl methyl sites for hydroxylation is 1. The van der Waals surface area contributed by atoms with Gasteiger partial charge in [-0.05, 0) is 6.92 Å². The predicted octanol–water partition coefficient (Wildman–Crippen LogP) is 0.384. The Morgan fingerprint density at radius 1 is 1.75 bits per heavy atom. The Balaban J connectivity index is 2.55. The molecule has 0 spiro atoms. The van der Waals surface area contributed by atoms with E-state index in [1.54, 1.807) is 28.8 Å². The van der Waals surface area contributed by atoms with Crippen molar-refractivity contribution < 1.29 is 9.53 Å². The molecule has 0 saturated heterocycles. The zero-order valence-corrected chi connectivity index (χ0v) is 10.6. The number of nitrogens with zero attached hydrogens (tertiary/aromatic N) is 2. The topological polar surface area (TPSA) is 68.5 Å². The molecule has 0 aromatic carbocycles. The minimum absolute atomic E-state index is 0.116. The van der Waals surface area contributed by atoms with Gasteiger partial charge in [0.15, 0.2) is 0 Å². The molecule has 0 fully saturated rings. The average Bonchev–Trinajstić information content (AvgIpc) is 2.63. The van der Waals surface area contributed by atoms with Crippen LogP contribution in [0.2, 0.25) is 0 Å². The molecule has 16 heavy (non-hydrogen) atoms. The number of rotatable bonds is 5. The van der Waals surface area contributed by atoms with Crippen LogP contribution in [0, 0.1) is 6.92 Å². The predicted molar refractivity (Wildman–Crippen MR) is 63.2 cm³/mol. The quantitative estimate of drug-likeness (QED) is 0.812. The molecule has 0 saturated carbocycles. The van der Waals surface area contributed by atoms with Gasteiger partial charge in [-0.1, -0.05) is 0 Å². The molecule has 2 N–H and O–H groups in total. The van der Waals surface area contributed by atoms with Crippen LogP contribution in [0.1, 0.15) is 10.6 Å². The van der Waals surface area contributed by atoms with Gasteiger partial charge in [-0.15, -0.1) is 11.3 Å². The number of likely N-dealkylation sites (N-methyl/N-ethyl adjacent to an activating group) is 1. The lowest BCUT2D eigenvalue weighted by atomic mass is 10.3. The van der Waals surface area contributed by atoms with Crippen molar-refractivity contribution in [1.29, 1.82) is 0 Å². The van der Waals surface area contributed by atoms with Gasteiger partial charge in [-0.2, -0.15) is 0 Å². The van der Waals surface area contributed by atoms with Crippen molar-refractivity contribution in [2.45, 2.75) is 19.5 Å². The third kappa shape index (κ3) is 3.26. The summed E-state index contributed by atoms with van der Waals surface area (Å²) in [6, 6.07) is -0.594. The summed E-state index contributed by atoms with van der Waals surface area (Å²) in [7, 11) is 3.26. The van der Waals surface area contributed by atoms with E-state index in [9.17, 15) is 4.79 Å². The van der Waals surface area contributed by atoms with Crippen molar-refractivity contribution in [3.63, 3.8) is 0 Å². The Hall–Kier alpha value is -0.980. The Labute approximate surface area is 99.2 Å². The first-order valence-corrected chi connectivity index (χ1v) is 5.82. The Morgan fingerprint density at radius 2 is 2.44 bits per heavy atom. The fraction of sp³-hybridized carbons (Fsp3) is 0.600. The third-order valence-electron chi connectivity index (χ3n) is 2.27. The molecule has 1 atom stereocenters. The van der Waals surface area contributed by atoms with E-state index in [-0.39, 0.29) is 12.5 Å². The minimum Gasteiger partial charge on any atom is -0.383 e. The molecular weight excluding hydrogens is 226 g/mol. The highest BCUT2D eigenvalue weighted by atomic mass is 32.1. The van der Waals surface area contributed by atoms with E-state index in [2.05, 4.69) is 4.98 Å². The summed E-state index contributed by atoms with van der Waals surface area (Å²) in [6.07, 6.45) is 0.